The van der Waals surface area contributed by atoms with E-state index in [9.17, 15) is 32.7 Å². The molecule has 3 heterocycles. The van der Waals surface area contributed by atoms with Crippen LogP contribution in [0.15, 0.2) is 106 Å². The van der Waals surface area contributed by atoms with Crippen LogP contribution in [0.2, 0.25) is 0 Å². The van der Waals surface area contributed by atoms with Gasteiger partial charge in [-0.05, 0) is 84.4 Å². The summed E-state index contributed by atoms with van der Waals surface area (Å²) in [6.45, 7) is 9.79. The number of carbonyl (C=O) groups is 3. The van der Waals surface area contributed by atoms with Gasteiger partial charge in [-0.25, -0.2) is 8.42 Å². The van der Waals surface area contributed by atoms with Crippen molar-refractivity contribution >= 4 is 44.4 Å². The van der Waals surface area contributed by atoms with Crippen molar-refractivity contribution in [2.75, 3.05) is 97.7 Å². The molecule has 19 nitrogen and oxygen atoms in total. The molecule has 1 saturated heterocycles. The molecule has 2 amide bonds. The second kappa shape index (κ2) is 24.2. The highest BCUT2D eigenvalue weighted by Gasteiger charge is 2.36. The molecule has 0 radical (unpaired) electrons. The molecule has 0 saturated carbocycles. The summed E-state index contributed by atoms with van der Waals surface area (Å²) in [5.74, 6) is -1.30. The van der Waals surface area contributed by atoms with Gasteiger partial charge in [0.25, 0.3) is 11.8 Å². The molecule has 0 spiro atoms. The summed E-state index contributed by atoms with van der Waals surface area (Å²) in [5.41, 5.74) is 1.64. The van der Waals surface area contributed by atoms with Crippen molar-refractivity contribution in [1.29, 1.82) is 0 Å². The van der Waals surface area contributed by atoms with E-state index in [0.29, 0.717) is 107 Å². The molecule has 0 bridgehead atoms. The number of sulfonamides is 1. The predicted octanol–water partition coefficient (Wildman–Crippen LogP) is 5.27. The molecule has 1 aromatic heterocycles. The fraction of sp³-hybridized carbons (Fsp3) is 0.451. The van der Waals surface area contributed by atoms with Gasteiger partial charge in [-0.2, -0.15) is 4.31 Å². The highest BCUT2D eigenvalue weighted by Crippen LogP contribution is 2.37. The summed E-state index contributed by atoms with van der Waals surface area (Å²) in [6, 6.07) is 18.5. The van der Waals surface area contributed by atoms with Crippen LogP contribution >= 0.6 is 0 Å². The molecule has 3 aromatic carbocycles. The number of carbonyl (C=O) groups excluding carboxylic acids is 2. The standard InChI is InChI=1S/C51H63N5O14S/c1-51(2,3)41-29-46(45(57)30-44(41)54-49(61)40-31-52-42-7-5-4-6-38(42)48(40)60)70-27-25-68-23-21-66-19-18-65-20-22-67-24-26-69-36-10-8-34(9-11-36)35-14-16-56(17-15-35)71(63,64)37-12-13-39-43(28-37)53-33-55(50(39)62)32-47(58)59/h4-13,28-31,35,41,44,53,57H,14-27,32-33H2,1-3H3,(H,52,60)(H,54,61)(H,58,59). The maximum Gasteiger partial charge on any atom is 0.323 e. The summed E-state index contributed by atoms with van der Waals surface area (Å²) in [4.78, 5) is 54.3. The molecule has 4 aromatic rings. The van der Waals surface area contributed by atoms with Gasteiger partial charge < -0.3 is 59.2 Å². The molecule has 382 valence electrons. The van der Waals surface area contributed by atoms with Crippen molar-refractivity contribution in [2.45, 2.75) is 50.5 Å². The Morgan fingerprint density at radius 3 is 2.06 bits per heavy atom. The molecule has 20 heteroatoms. The van der Waals surface area contributed by atoms with Crippen molar-refractivity contribution in [3.63, 3.8) is 0 Å². The average Bonchev–Trinajstić information content (AvgIpc) is 3.35. The Morgan fingerprint density at radius 2 is 1.42 bits per heavy atom. The summed E-state index contributed by atoms with van der Waals surface area (Å²) in [6.07, 6.45) is 6.05. The normalized spacial score (nSPS) is 17.8. The van der Waals surface area contributed by atoms with Crippen molar-refractivity contribution in [2.24, 2.45) is 11.3 Å². The van der Waals surface area contributed by atoms with Crippen LogP contribution in [-0.2, 0) is 38.5 Å². The lowest BCUT2D eigenvalue weighted by Crippen LogP contribution is -2.46. The number of rotatable bonds is 24. The zero-order chi connectivity index (χ0) is 50.5. The lowest BCUT2D eigenvalue weighted by molar-refractivity contribution is -0.137. The van der Waals surface area contributed by atoms with E-state index in [4.69, 9.17) is 33.5 Å². The van der Waals surface area contributed by atoms with E-state index in [1.54, 1.807) is 30.4 Å². The topological polar surface area (TPSA) is 245 Å². The maximum atomic E-state index is 13.5. The number of para-hydroxylation sites is 1. The van der Waals surface area contributed by atoms with E-state index < -0.39 is 40.4 Å². The number of nitrogens with one attached hydrogen (secondary N) is 3. The Kier molecular flexibility index (Phi) is 17.9. The smallest absolute Gasteiger partial charge is 0.323 e. The number of aliphatic hydroxyl groups is 1. The number of aromatic nitrogens is 1. The molecule has 2 aliphatic heterocycles. The van der Waals surface area contributed by atoms with Gasteiger partial charge in [0, 0.05) is 41.8 Å². The van der Waals surface area contributed by atoms with E-state index in [1.165, 1.54) is 28.7 Å². The van der Waals surface area contributed by atoms with Gasteiger partial charge in [-0.1, -0.05) is 45.0 Å². The lowest BCUT2D eigenvalue weighted by atomic mass is 9.74. The number of aromatic amines is 1. The van der Waals surface area contributed by atoms with Crippen molar-refractivity contribution in [3.8, 4) is 5.75 Å². The molecule has 1 fully saturated rings. The van der Waals surface area contributed by atoms with Crippen molar-refractivity contribution < 1.29 is 61.4 Å². The quantitative estimate of drug-likeness (QED) is 0.0562. The first kappa shape index (κ1) is 52.5. The third kappa shape index (κ3) is 13.8. The van der Waals surface area contributed by atoms with E-state index in [-0.39, 0.29) is 64.3 Å². The van der Waals surface area contributed by atoms with Crippen LogP contribution in [0.3, 0.4) is 0 Å². The number of carboxylic acids is 1. The highest BCUT2D eigenvalue weighted by atomic mass is 32.2. The van der Waals surface area contributed by atoms with Gasteiger partial charge >= 0.3 is 5.97 Å². The van der Waals surface area contributed by atoms with Gasteiger partial charge in [0.2, 0.25) is 15.5 Å². The number of hydrogen-bond acceptors (Lipinski definition) is 14. The third-order valence-corrected chi connectivity index (χ3v) is 14.4. The largest absolute Gasteiger partial charge is 0.504 e. The van der Waals surface area contributed by atoms with Gasteiger partial charge in [-0.3, -0.25) is 19.2 Å². The van der Waals surface area contributed by atoms with E-state index in [1.807, 2.05) is 51.1 Å². The number of amides is 2. The minimum Gasteiger partial charge on any atom is -0.504 e. The summed E-state index contributed by atoms with van der Waals surface area (Å²) in [7, 11) is -3.80. The zero-order valence-corrected chi connectivity index (χ0v) is 41.0. The number of pyridine rings is 1. The van der Waals surface area contributed by atoms with Crippen LogP contribution in [0.4, 0.5) is 5.69 Å². The second-order valence-corrected chi connectivity index (χ2v) is 20.3. The fourth-order valence-electron chi connectivity index (χ4n) is 8.65. The SMILES string of the molecule is CC(C)(C)C1C=C(OCCOCCOCCOCCOCCOc2ccc(C3CCN(S(=O)(=O)c4ccc5c(c4)NCN(CC(=O)O)C5=O)CC3)cc2)C(O)=CC1NC(=O)c1c[nH]c2ccccc2c1=O. The molecular formula is C51H63N5O14S. The first-order valence-corrected chi connectivity index (χ1v) is 25.1. The Bertz CT molecular complexity index is 2730. The van der Waals surface area contributed by atoms with E-state index in [2.05, 4.69) is 15.6 Å². The summed E-state index contributed by atoms with van der Waals surface area (Å²) in [5, 5.41) is 26.2. The number of carboxylic acid groups (broad SMARTS) is 1. The van der Waals surface area contributed by atoms with Crippen LogP contribution in [0.5, 0.6) is 5.75 Å². The average molecular weight is 1000 g/mol. The van der Waals surface area contributed by atoms with Crippen LogP contribution in [0, 0.1) is 11.3 Å². The highest BCUT2D eigenvalue weighted by molar-refractivity contribution is 7.89. The van der Waals surface area contributed by atoms with Gasteiger partial charge in [0.05, 0.1) is 76.0 Å². The van der Waals surface area contributed by atoms with Crippen LogP contribution in [0.25, 0.3) is 10.9 Å². The minimum absolute atomic E-state index is 0.00928. The lowest BCUT2D eigenvalue weighted by Gasteiger charge is -2.36. The summed E-state index contributed by atoms with van der Waals surface area (Å²) >= 11 is 0. The van der Waals surface area contributed by atoms with Crippen LogP contribution in [-0.4, -0.2) is 149 Å². The number of anilines is 1. The number of piperidine rings is 1. The molecule has 2 unspecified atom stereocenters. The number of nitrogens with zero attached hydrogens (tertiary/aromatic N) is 2. The number of aliphatic carboxylic acids is 1. The zero-order valence-electron chi connectivity index (χ0n) is 40.2. The van der Waals surface area contributed by atoms with E-state index in [0.717, 1.165) is 10.5 Å². The van der Waals surface area contributed by atoms with Gasteiger partial charge in [0.1, 0.15) is 31.1 Å². The predicted molar refractivity (Wildman–Crippen MR) is 263 cm³/mol. The van der Waals surface area contributed by atoms with E-state index >= 15 is 0 Å². The molecule has 1 aliphatic carbocycles. The Hall–Kier alpha value is -6.29. The fourth-order valence-corrected chi connectivity index (χ4v) is 10.1. The minimum atomic E-state index is -3.80. The number of benzene rings is 3. The third-order valence-electron chi connectivity index (χ3n) is 12.5. The molecule has 2 atom stereocenters. The number of hydrogen-bond donors (Lipinski definition) is 5. The van der Waals surface area contributed by atoms with Crippen molar-refractivity contribution in [1.82, 2.24) is 19.5 Å². The number of aliphatic hydroxyl groups excluding tert-OH is 1. The number of H-pyrrole nitrogens is 1. The molecule has 5 N–H and O–H groups in total. The second-order valence-electron chi connectivity index (χ2n) is 18.4. The number of fused-ring (bicyclic) bond motifs is 2. The van der Waals surface area contributed by atoms with Crippen molar-refractivity contribution in [3.05, 3.63) is 124 Å². The first-order valence-electron chi connectivity index (χ1n) is 23.7. The summed E-state index contributed by atoms with van der Waals surface area (Å²) < 4.78 is 62.7. The van der Waals surface area contributed by atoms with Crippen LogP contribution in [0.1, 0.15) is 65.8 Å². The molecule has 71 heavy (non-hydrogen) atoms. The Morgan fingerprint density at radius 1 is 0.803 bits per heavy atom. The number of ether oxygens (including phenoxy) is 6. The first-order chi connectivity index (χ1) is 34.1. The maximum absolute atomic E-state index is 13.5. The monoisotopic (exact) mass is 1000 g/mol. The molecular weight excluding hydrogens is 939 g/mol. The molecule has 7 rings (SSSR count). The molecule has 3 aliphatic rings. The van der Waals surface area contributed by atoms with Gasteiger partial charge in [0.15, 0.2) is 11.5 Å². The Balaban J connectivity index is 0.697. The van der Waals surface area contributed by atoms with Gasteiger partial charge in [-0.15, -0.1) is 0 Å². The van der Waals surface area contributed by atoms with Crippen LogP contribution < -0.4 is 20.8 Å². The Labute approximate surface area is 412 Å².